The molecule has 4 atom stereocenters. The van der Waals surface area contributed by atoms with Gasteiger partial charge in [-0.2, -0.15) is 0 Å². The molecular formula is C26H22N2O3. The molecule has 0 unspecified atom stereocenters. The highest BCUT2D eigenvalue weighted by Crippen LogP contribution is 2.68. The molecule has 2 aliphatic carbocycles. The maximum atomic E-state index is 12.4. The van der Waals surface area contributed by atoms with E-state index in [1.54, 1.807) is 6.07 Å². The molecule has 0 radical (unpaired) electrons. The molecule has 1 saturated heterocycles. The molecule has 31 heavy (non-hydrogen) atoms. The second-order valence-corrected chi connectivity index (χ2v) is 9.71. The molecule has 5 nitrogen and oxygen atoms in total. The summed E-state index contributed by atoms with van der Waals surface area (Å²) in [7, 11) is 0. The highest BCUT2D eigenvalue weighted by atomic mass is 16.5. The molecule has 4 aromatic rings. The molecule has 3 aromatic carbocycles. The molecule has 2 aliphatic heterocycles. The molecule has 0 saturated carbocycles. The van der Waals surface area contributed by atoms with E-state index in [0.717, 1.165) is 47.1 Å². The minimum absolute atomic E-state index is 0.0334. The highest BCUT2D eigenvalue weighted by molar-refractivity contribution is 6.07. The maximum absolute atomic E-state index is 12.4. The zero-order valence-electron chi connectivity index (χ0n) is 16.9. The van der Waals surface area contributed by atoms with E-state index in [2.05, 4.69) is 46.7 Å². The number of H-pyrrole nitrogens is 1. The van der Waals surface area contributed by atoms with Crippen LogP contribution in [0.15, 0.2) is 48.5 Å². The van der Waals surface area contributed by atoms with E-state index < -0.39 is 11.0 Å². The number of phenols is 1. The van der Waals surface area contributed by atoms with Gasteiger partial charge in [-0.3, -0.25) is 0 Å². The molecule has 1 aromatic heterocycles. The number of aromatic nitrogens is 1. The lowest BCUT2D eigenvalue weighted by Crippen LogP contribution is -2.73. The number of ether oxygens (including phenoxy) is 1. The number of phenolic OH excluding ortho intramolecular Hbond substituents is 1. The molecule has 1 fully saturated rings. The van der Waals surface area contributed by atoms with Crippen molar-refractivity contribution >= 4 is 21.7 Å². The van der Waals surface area contributed by atoms with Crippen LogP contribution in [0.5, 0.6) is 11.5 Å². The van der Waals surface area contributed by atoms with E-state index >= 15 is 0 Å². The van der Waals surface area contributed by atoms with E-state index in [0.29, 0.717) is 12.2 Å². The minimum Gasteiger partial charge on any atom is -0.504 e. The van der Waals surface area contributed by atoms with Gasteiger partial charge in [-0.15, -0.1) is 0 Å². The normalized spacial score (nSPS) is 32.0. The van der Waals surface area contributed by atoms with Gasteiger partial charge in [0.15, 0.2) is 17.6 Å². The third kappa shape index (κ3) is 1.65. The van der Waals surface area contributed by atoms with Gasteiger partial charge in [-0.25, -0.2) is 0 Å². The summed E-state index contributed by atoms with van der Waals surface area (Å²) >= 11 is 0. The Balaban J connectivity index is 1.50. The number of hydrogen-bond acceptors (Lipinski definition) is 4. The Bertz CT molecular complexity index is 1460. The molecule has 5 heteroatoms. The summed E-state index contributed by atoms with van der Waals surface area (Å²) in [5.74, 6) is 0.739. The topological polar surface area (TPSA) is 77.5 Å². The van der Waals surface area contributed by atoms with Crippen LogP contribution in [-0.4, -0.2) is 33.4 Å². The lowest BCUT2D eigenvalue weighted by atomic mass is 9.49. The average molecular weight is 410 g/mol. The summed E-state index contributed by atoms with van der Waals surface area (Å²) in [5.41, 5.74) is 4.01. The van der Waals surface area contributed by atoms with Crippen molar-refractivity contribution in [3.63, 3.8) is 0 Å². The second-order valence-electron chi connectivity index (χ2n) is 9.71. The van der Waals surface area contributed by atoms with Crippen molar-refractivity contribution in [1.29, 1.82) is 0 Å². The lowest BCUT2D eigenvalue weighted by Gasteiger charge is -2.59. The Hall–Kier alpha value is -3.02. The van der Waals surface area contributed by atoms with E-state index in [9.17, 15) is 10.2 Å². The van der Waals surface area contributed by atoms with Crippen LogP contribution in [-0.2, 0) is 18.3 Å². The second kappa shape index (κ2) is 5.06. The van der Waals surface area contributed by atoms with E-state index in [1.165, 1.54) is 16.3 Å². The van der Waals surface area contributed by atoms with Gasteiger partial charge < -0.3 is 25.3 Å². The van der Waals surface area contributed by atoms with Gasteiger partial charge in [-0.1, -0.05) is 42.5 Å². The Kier molecular flexibility index (Phi) is 2.72. The van der Waals surface area contributed by atoms with E-state index in [4.69, 9.17) is 4.74 Å². The first-order chi connectivity index (χ1) is 15.1. The molecule has 4 aliphatic rings. The number of benzene rings is 3. The largest absolute Gasteiger partial charge is 0.504 e. The smallest absolute Gasteiger partial charge is 0.166 e. The summed E-state index contributed by atoms with van der Waals surface area (Å²) in [6.45, 7) is 0.833. The number of nitrogens with one attached hydrogen (secondary N) is 2. The summed E-state index contributed by atoms with van der Waals surface area (Å²) < 4.78 is 6.57. The SMILES string of the molecule is Oc1ccc2c3c1O[C@H]1c4[nH]c5c(ccc6ccccc65)c4C[C@@]4(O)[C@@H](C2)NCC[C@]314. The van der Waals surface area contributed by atoms with Gasteiger partial charge in [0.25, 0.3) is 0 Å². The van der Waals surface area contributed by atoms with Crippen molar-refractivity contribution in [1.82, 2.24) is 10.3 Å². The van der Waals surface area contributed by atoms with Gasteiger partial charge in [-0.05, 0) is 42.0 Å². The van der Waals surface area contributed by atoms with Crippen LogP contribution in [0.1, 0.15) is 34.9 Å². The predicted octanol–water partition coefficient (Wildman–Crippen LogP) is 3.60. The molecule has 4 N–H and O–H groups in total. The van der Waals surface area contributed by atoms with E-state index in [-0.39, 0.29) is 17.9 Å². The Morgan fingerprint density at radius 1 is 1.03 bits per heavy atom. The van der Waals surface area contributed by atoms with Gasteiger partial charge >= 0.3 is 0 Å². The van der Waals surface area contributed by atoms with Crippen LogP contribution >= 0.6 is 0 Å². The van der Waals surface area contributed by atoms with Crippen LogP contribution in [0.3, 0.4) is 0 Å². The highest BCUT2D eigenvalue weighted by Gasteiger charge is 2.71. The molecule has 3 heterocycles. The van der Waals surface area contributed by atoms with Gasteiger partial charge in [0.1, 0.15) is 0 Å². The summed E-state index contributed by atoms with van der Waals surface area (Å²) in [6, 6.07) is 16.4. The Morgan fingerprint density at radius 2 is 1.94 bits per heavy atom. The van der Waals surface area contributed by atoms with Crippen molar-refractivity contribution < 1.29 is 14.9 Å². The first kappa shape index (κ1) is 16.6. The number of aliphatic hydroxyl groups is 1. The molecule has 1 spiro atoms. The summed E-state index contributed by atoms with van der Waals surface area (Å²) in [5, 5.41) is 30.2. The zero-order chi connectivity index (χ0) is 20.5. The molecular weight excluding hydrogens is 388 g/mol. The number of aromatic hydroxyl groups is 1. The fourth-order valence-corrected chi connectivity index (χ4v) is 7.32. The number of aromatic amines is 1. The number of piperidine rings is 1. The third-order valence-corrected chi connectivity index (χ3v) is 8.58. The maximum Gasteiger partial charge on any atom is 0.166 e. The molecule has 2 bridgehead atoms. The van der Waals surface area contributed by atoms with Crippen molar-refractivity contribution in [2.24, 2.45) is 0 Å². The van der Waals surface area contributed by atoms with Crippen LogP contribution in [0.2, 0.25) is 0 Å². The van der Waals surface area contributed by atoms with E-state index in [1.807, 2.05) is 6.07 Å². The fourth-order valence-electron chi connectivity index (χ4n) is 7.32. The number of rotatable bonds is 0. The van der Waals surface area contributed by atoms with Crippen LogP contribution in [0, 0.1) is 0 Å². The average Bonchev–Trinajstić information content (AvgIpc) is 3.30. The van der Waals surface area contributed by atoms with Gasteiger partial charge in [0.05, 0.1) is 22.2 Å². The van der Waals surface area contributed by atoms with Crippen LogP contribution in [0.25, 0.3) is 21.7 Å². The number of fused-ring (bicyclic) bond motifs is 6. The Morgan fingerprint density at radius 3 is 2.87 bits per heavy atom. The van der Waals surface area contributed by atoms with Crippen molar-refractivity contribution in [2.45, 2.75) is 42.4 Å². The molecule has 154 valence electrons. The van der Waals surface area contributed by atoms with Crippen molar-refractivity contribution in [3.05, 3.63) is 70.9 Å². The van der Waals surface area contributed by atoms with Gasteiger partial charge in [0, 0.05) is 28.8 Å². The lowest BCUT2D eigenvalue weighted by molar-refractivity contribution is -0.134. The van der Waals surface area contributed by atoms with Crippen LogP contribution in [0.4, 0.5) is 0 Å². The number of hydrogen-bond donors (Lipinski definition) is 4. The fraction of sp³-hybridized carbons (Fsp3) is 0.308. The minimum atomic E-state index is -0.963. The quantitative estimate of drug-likeness (QED) is 0.357. The zero-order valence-corrected chi connectivity index (χ0v) is 16.9. The van der Waals surface area contributed by atoms with Gasteiger partial charge in [0.2, 0.25) is 0 Å². The third-order valence-electron chi connectivity index (χ3n) is 8.58. The first-order valence-corrected chi connectivity index (χ1v) is 11.1. The Labute approximate surface area is 178 Å². The predicted molar refractivity (Wildman–Crippen MR) is 118 cm³/mol. The summed E-state index contributed by atoms with van der Waals surface area (Å²) in [4.78, 5) is 3.73. The van der Waals surface area contributed by atoms with Crippen molar-refractivity contribution in [2.75, 3.05) is 6.54 Å². The van der Waals surface area contributed by atoms with Crippen molar-refractivity contribution in [3.8, 4) is 11.5 Å². The summed E-state index contributed by atoms with van der Waals surface area (Å²) in [6.07, 6.45) is 1.77. The molecule has 8 rings (SSSR count). The molecule has 0 amide bonds. The monoisotopic (exact) mass is 410 g/mol. The first-order valence-electron chi connectivity index (χ1n) is 11.1. The van der Waals surface area contributed by atoms with Crippen LogP contribution < -0.4 is 10.1 Å². The standard InChI is InChI=1S/C26H22N2O3/c29-18-8-6-14-11-19-26(30)12-17-16-7-5-13-3-1-2-4-15(13)21(16)28-22(17)24-25(26,9-10-27-19)20(14)23(18)31-24/h1-8,19,24,27-30H,9-12H2/t19-,24+,25+,26-/m1/s1.